The third-order valence-corrected chi connectivity index (χ3v) is 4.00. The van der Waals surface area contributed by atoms with Gasteiger partial charge in [0.1, 0.15) is 5.75 Å². The smallest absolute Gasteiger partial charge is 0.237 e. The summed E-state index contributed by atoms with van der Waals surface area (Å²) in [7, 11) is 1.64. The van der Waals surface area contributed by atoms with Crippen molar-refractivity contribution >= 4 is 17.4 Å². The molecule has 100 valence electrons. The lowest BCUT2D eigenvalue weighted by Gasteiger charge is -2.07. The van der Waals surface area contributed by atoms with E-state index in [1.54, 1.807) is 18.9 Å². The molecule has 1 aliphatic rings. The van der Waals surface area contributed by atoms with Crippen molar-refractivity contribution in [2.24, 2.45) is 0 Å². The van der Waals surface area contributed by atoms with Crippen molar-refractivity contribution in [3.05, 3.63) is 29.9 Å². The van der Waals surface area contributed by atoms with Crippen LogP contribution in [0.15, 0.2) is 27.6 Å². The molecule has 1 aromatic carbocycles. The Balaban J connectivity index is 1.67. The maximum absolute atomic E-state index is 5.72. The van der Waals surface area contributed by atoms with Crippen LogP contribution in [-0.4, -0.2) is 17.3 Å². The number of nitrogens with two attached hydrogens (primary N) is 1. The molecule has 1 aliphatic carbocycles. The molecule has 0 atom stereocenters. The van der Waals surface area contributed by atoms with Crippen LogP contribution in [0.1, 0.15) is 30.5 Å². The van der Waals surface area contributed by atoms with Gasteiger partial charge in [-0.15, -0.1) is 11.8 Å². The number of hydrogen-bond donors (Lipinski definition) is 1. The first-order valence-corrected chi connectivity index (χ1v) is 7.13. The molecule has 0 amide bonds. The molecule has 0 unspecified atom stereocenters. The summed E-state index contributed by atoms with van der Waals surface area (Å²) in [5, 5.41) is 4.00. The van der Waals surface area contributed by atoms with Gasteiger partial charge in [0.2, 0.25) is 5.89 Å². The van der Waals surface area contributed by atoms with Gasteiger partial charge >= 0.3 is 0 Å². The van der Waals surface area contributed by atoms with Crippen molar-refractivity contribution in [2.75, 3.05) is 12.8 Å². The minimum atomic E-state index is 0.522. The summed E-state index contributed by atoms with van der Waals surface area (Å²) in [6.45, 7) is 0. The molecule has 6 heteroatoms. The Kier molecular flexibility index (Phi) is 3.33. The Morgan fingerprint density at radius 2 is 2.32 bits per heavy atom. The zero-order valence-electron chi connectivity index (χ0n) is 10.6. The average molecular weight is 277 g/mol. The van der Waals surface area contributed by atoms with Crippen molar-refractivity contribution in [1.82, 2.24) is 10.1 Å². The molecule has 5 nitrogen and oxygen atoms in total. The van der Waals surface area contributed by atoms with Gasteiger partial charge in [-0.25, -0.2) is 0 Å². The fourth-order valence-electron chi connectivity index (χ4n) is 1.78. The first-order valence-electron chi connectivity index (χ1n) is 6.15. The second-order valence-corrected chi connectivity index (χ2v) is 5.54. The standard InChI is InChI=1S/C13H15N3O2S/c1-17-10-6-9(14)4-5-11(10)19-7-12-15-13(16-18-12)8-2-3-8/h4-6,8H,2-3,7,14H2,1H3. The van der Waals surface area contributed by atoms with Crippen LogP contribution in [0.4, 0.5) is 5.69 Å². The maximum atomic E-state index is 5.72. The van der Waals surface area contributed by atoms with Gasteiger partial charge in [0, 0.05) is 22.6 Å². The van der Waals surface area contributed by atoms with Gasteiger partial charge in [-0.05, 0) is 25.0 Å². The van der Waals surface area contributed by atoms with E-state index in [0.717, 1.165) is 16.5 Å². The number of thioether (sulfide) groups is 1. The van der Waals surface area contributed by atoms with Crippen LogP contribution in [0, 0.1) is 0 Å². The van der Waals surface area contributed by atoms with E-state index in [1.807, 2.05) is 18.2 Å². The van der Waals surface area contributed by atoms with Crippen LogP contribution in [-0.2, 0) is 5.75 Å². The molecule has 1 aromatic heterocycles. The van der Waals surface area contributed by atoms with Crippen molar-refractivity contribution in [3.63, 3.8) is 0 Å². The van der Waals surface area contributed by atoms with Crippen molar-refractivity contribution in [2.45, 2.75) is 29.4 Å². The molecule has 3 rings (SSSR count). The summed E-state index contributed by atoms with van der Waals surface area (Å²) in [4.78, 5) is 5.41. The second kappa shape index (κ2) is 5.13. The van der Waals surface area contributed by atoms with Crippen LogP contribution in [0.25, 0.3) is 0 Å². The highest BCUT2D eigenvalue weighted by atomic mass is 32.2. The monoisotopic (exact) mass is 277 g/mol. The minimum absolute atomic E-state index is 0.522. The number of nitrogen functional groups attached to an aromatic ring is 1. The first kappa shape index (κ1) is 12.3. The molecule has 0 radical (unpaired) electrons. The van der Waals surface area contributed by atoms with Crippen LogP contribution in [0.5, 0.6) is 5.75 Å². The Morgan fingerprint density at radius 1 is 1.47 bits per heavy atom. The van der Waals surface area contributed by atoms with Gasteiger partial charge < -0.3 is 15.0 Å². The highest BCUT2D eigenvalue weighted by molar-refractivity contribution is 7.98. The van der Waals surface area contributed by atoms with Gasteiger partial charge in [0.25, 0.3) is 0 Å². The van der Waals surface area contributed by atoms with Crippen LogP contribution in [0.3, 0.4) is 0 Å². The molecular weight excluding hydrogens is 262 g/mol. The van der Waals surface area contributed by atoms with Gasteiger partial charge in [-0.2, -0.15) is 4.98 Å². The molecule has 2 N–H and O–H groups in total. The Morgan fingerprint density at radius 3 is 3.05 bits per heavy atom. The third-order valence-electron chi connectivity index (χ3n) is 2.97. The highest BCUT2D eigenvalue weighted by Crippen LogP contribution is 2.38. The SMILES string of the molecule is COc1cc(N)ccc1SCc1nc(C2CC2)no1. The lowest BCUT2D eigenvalue weighted by atomic mass is 10.3. The molecule has 0 saturated heterocycles. The van der Waals surface area contributed by atoms with E-state index < -0.39 is 0 Å². The molecule has 1 heterocycles. The number of rotatable bonds is 5. The Bertz CT molecular complexity index is 581. The number of benzene rings is 1. The molecule has 1 saturated carbocycles. The summed E-state index contributed by atoms with van der Waals surface area (Å²) in [5.41, 5.74) is 6.41. The van der Waals surface area contributed by atoms with Crippen LogP contribution in [0.2, 0.25) is 0 Å². The summed E-state index contributed by atoms with van der Waals surface area (Å²) in [6, 6.07) is 5.61. The number of hydrogen-bond acceptors (Lipinski definition) is 6. The molecule has 0 aliphatic heterocycles. The van der Waals surface area contributed by atoms with Crippen LogP contribution < -0.4 is 10.5 Å². The third kappa shape index (κ3) is 2.84. The average Bonchev–Trinajstić information content (AvgIpc) is 3.17. The fraction of sp³-hybridized carbons (Fsp3) is 0.385. The lowest BCUT2D eigenvalue weighted by molar-refractivity contribution is 0.384. The quantitative estimate of drug-likeness (QED) is 0.669. The maximum Gasteiger partial charge on any atom is 0.237 e. The van der Waals surface area contributed by atoms with E-state index in [-0.39, 0.29) is 0 Å². The van der Waals surface area contributed by atoms with E-state index in [4.69, 9.17) is 15.0 Å². The van der Waals surface area contributed by atoms with Crippen molar-refractivity contribution < 1.29 is 9.26 Å². The van der Waals surface area contributed by atoms with E-state index in [2.05, 4.69) is 10.1 Å². The normalized spacial score (nSPS) is 14.6. The van der Waals surface area contributed by atoms with E-state index >= 15 is 0 Å². The van der Waals surface area contributed by atoms with E-state index in [0.29, 0.717) is 23.2 Å². The number of nitrogens with zero attached hydrogens (tertiary/aromatic N) is 2. The predicted octanol–water partition coefficient (Wildman–Crippen LogP) is 2.83. The summed E-state index contributed by atoms with van der Waals surface area (Å²) < 4.78 is 10.5. The Hall–Kier alpha value is -1.69. The van der Waals surface area contributed by atoms with Crippen LogP contribution >= 0.6 is 11.8 Å². The number of anilines is 1. The van der Waals surface area contributed by atoms with Gasteiger partial charge in [-0.1, -0.05) is 5.16 Å². The van der Waals surface area contributed by atoms with Gasteiger partial charge in [0.15, 0.2) is 5.82 Å². The summed E-state index contributed by atoms with van der Waals surface area (Å²) >= 11 is 1.60. The van der Waals surface area contributed by atoms with Crippen molar-refractivity contribution in [3.8, 4) is 5.75 Å². The molecule has 0 spiro atoms. The second-order valence-electron chi connectivity index (χ2n) is 4.52. The van der Waals surface area contributed by atoms with Gasteiger partial charge in [-0.3, -0.25) is 0 Å². The van der Waals surface area contributed by atoms with Crippen molar-refractivity contribution in [1.29, 1.82) is 0 Å². The minimum Gasteiger partial charge on any atom is -0.496 e. The molecule has 0 bridgehead atoms. The van der Waals surface area contributed by atoms with E-state index in [9.17, 15) is 0 Å². The molecule has 1 fully saturated rings. The largest absolute Gasteiger partial charge is 0.496 e. The zero-order chi connectivity index (χ0) is 13.2. The summed E-state index contributed by atoms with van der Waals surface area (Å²) in [5.74, 6) is 3.44. The molecule has 2 aromatic rings. The summed E-state index contributed by atoms with van der Waals surface area (Å²) in [6.07, 6.45) is 2.36. The molecular formula is C13H15N3O2S. The highest BCUT2D eigenvalue weighted by Gasteiger charge is 2.28. The van der Waals surface area contributed by atoms with Gasteiger partial charge in [0.05, 0.1) is 12.9 Å². The fourth-order valence-corrected chi connectivity index (χ4v) is 2.62. The first-order chi connectivity index (χ1) is 9.26. The number of methoxy groups -OCH3 is 1. The number of aromatic nitrogens is 2. The lowest BCUT2D eigenvalue weighted by Crippen LogP contribution is -1.91. The molecule has 19 heavy (non-hydrogen) atoms. The number of ether oxygens (including phenoxy) is 1. The topological polar surface area (TPSA) is 74.2 Å². The van der Waals surface area contributed by atoms with E-state index in [1.165, 1.54) is 12.8 Å². The Labute approximate surface area is 115 Å². The predicted molar refractivity (Wildman–Crippen MR) is 73.2 cm³/mol. The zero-order valence-corrected chi connectivity index (χ0v) is 11.4.